The molecule has 0 saturated carbocycles. The van der Waals surface area contributed by atoms with E-state index in [9.17, 15) is 10.2 Å². The van der Waals surface area contributed by atoms with E-state index in [1.54, 1.807) is 35.4 Å². The van der Waals surface area contributed by atoms with Gasteiger partial charge in [0.2, 0.25) is 0 Å². The van der Waals surface area contributed by atoms with Crippen molar-refractivity contribution in [1.82, 2.24) is 0 Å². The molecule has 0 bridgehead atoms. The molecule has 0 radical (unpaired) electrons. The second-order valence-electron chi connectivity index (χ2n) is 12.8. The molecule has 5 aromatic carbocycles. The zero-order chi connectivity index (χ0) is 32.5. The standard InChI is InChI=1S/C42H34O2S4/c1-3-5-7-27-28(8-6-4-2)42-40(38-30-22-36(24-11-15-26(44)16-12-24)46-32(30)18-20-34(38)48-42)39-37-29-21-35(23-9-13-25(43)14-10-23)45-31(29)17-19-33(37)47-41(27)39/h9-22,43-44H,3-8H2,1-2H3. The molecule has 6 heteroatoms. The summed E-state index contributed by atoms with van der Waals surface area (Å²) in [7, 11) is 0. The molecule has 0 spiro atoms. The number of benzene rings is 5. The first-order chi connectivity index (χ1) is 23.5. The van der Waals surface area contributed by atoms with Crippen LogP contribution in [0.5, 0.6) is 11.5 Å². The zero-order valence-electron chi connectivity index (χ0n) is 26.9. The van der Waals surface area contributed by atoms with Crippen molar-refractivity contribution >= 4 is 106 Å². The van der Waals surface area contributed by atoms with Crippen LogP contribution in [0.4, 0.5) is 0 Å². The fourth-order valence-electron chi connectivity index (χ4n) is 7.37. The zero-order valence-corrected chi connectivity index (χ0v) is 30.1. The largest absolute Gasteiger partial charge is 0.508 e. The Bertz CT molecular complexity index is 2460. The third-order valence-corrected chi connectivity index (χ3v) is 14.5. The van der Waals surface area contributed by atoms with E-state index < -0.39 is 0 Å². The van der Waals surface area contributed by atoms with Crippen LogP contribution in [-0.2, 0) is 12.8 Å². The number of hydrogen-bond acceptors (Lipinski definition) is 6. The first-order valence-corrected chi connectivity index (χ1v) is 20.1. The van der Waals surface area contributed by atoms with E-state index in [4.69, 9.17) is 0 Å². The highest BCUT2D eigenvalue weighted by atomic mass is 32.1. The molecular weight excluding hydrogens is 665 g/mol. The van der Waals surface area contributed by atoms with Crippen molar-refractivity contribution in [2.75, 3.05) is 0 Å². The first-order valence-electron chi connectivity index (χ1n) is 16.8. The first kappa shape index (κ1) is 30.1. The van der Waals surface area contributed by atoms with Crippen molar-refractivity contribution in [3.05, 3.63) is 96.1 Å². The highest BCUT2D eigenvalue weighted by Gasteiger charge is 2.25. The van der Waals surface area contributed by atoms with E-state index in [-0.39, 0.29) is 0 Å². The summed E-state index contributed by atoms with van der Waals surface area (Å²) in [4.78, 5) is 2.46. The van der Waals surface area contributed by atoms with Gasteiger partial charge in [0, 0.05) is 70.3 Å². The monoisotopic (exact) mass is 698 g/mol. The third kappa shape index (κ3) is 4.76. The molecule has 0 unspecified atom stereocenters. The maximum absolute atomic E-state index is 9.95. The summed E-state index contributed by atoms with van der Waals surface area (Å²) in [5.74, 6) is 0.592. The van der Waals surface area contributed by atoms with Gasteiger partial charge in [0.05, 0.1) is 0 Å². The van der Waals surface area contributed by atoms with E-state index in [1.165, 1.54) is 96.0 Å². The van der Waals surface area contributed by atoms with Crippen molar-refractivity contribution in [2.24, 2.45) is 0 Å². The van der Waals surface area contributed by atoms with Crippen molar-refractivity contribution in [2.45, 2.75) is 52.4 Å². The minimum absolute atomic E-state index is 0.296. The van der Waals surface area contributed by atoms with Crippen LogP contribution in [0.25, 0.3) is 81.4 Å². The molecule has 4 heterocycles. The summed E-state index contributed by atoms with van der Waals surface area (Å²) in [6.45, 7) is 4.62. The van der Waals surface area contributed by atoms with E-state index in [2.05, 4.69) is 50.2 Å². The van der Waals surface area contributed by atoms with Gasteiger partial charge in [-0.1, -0.05) is 26.7 Å². The van der Waals surface area contributed by atoms with E-state index in [0.29, 0.717) is 11.5 Å². The number of thiophene rings is 4. The number of aryl methyl sites for hydroxylation is 2. The molecule has 9 aromatic rings. The lowest BCUT2D eigenvalue weighted by Crippen LogP contribution is -1.96. The molecule has 48 heavy (non-hydrogen) atoms. The highest BCUT2D eigenvalue weighted by Crippen LogP contribution is 2.53. The second kappa shape index (κ2) is 11.9. The molecule has 0 amide bonds. The normalized spacial score (nSPS) is 12.2. The molecule has 4 aromatic heterocycles. The van der Waals surface area contributed by atoms with Crippen molar-refractivity contribution in [3.8, 4) is 32.4 Å². The van der Waals surface area contributed by atoms with Gasteiger partial charge in [-0.2, -0.15) is 0 Å². The summed E-state index contributed by atoms with van der Waals surface area (Å²) in [5, 5.41) is 28.2. The molecule has 0 atom stereocenters. The van der Waals surface area contributed by atoms with Crippen LogP contribution in [0, 0.1) is 0 Å². The Balaban J connectivity index is 1.43. The maximum atomic E-state index is 9.95. The lowest BCUT2D eigenvalue weighted by Gasteiger charge is -2.14. The average Bonchev–Trinajstić information content (AvgIpc) is 3.88. The Kier molecular flexibility index (Phi) is 7.46. The second-order valence-corrected chi connectivity index (χ2v) is 17.1. The summed E-state index contributed by atoms with van der Waals surface area (Å²) in [5.41, 5.74) is 5.43. The van der Waals surface area contributed by atoms with Crippen LogP contribution in [-0.4, -0.2) is 10.2 Å². The van der Waals surface area contributed by atoms with Crippen LogP contribution >= 0.6 is 45.3 Å². The minimum atomic E-state index is 0.296. The molecule has 0 saturated heterocycles. The SMILES string of the molecule is CCCCc1c(CCCC)c2sc3ccc4sc(-c5ccc(O)cc5)cc4c3c2c2c1sc1ccc3sc(-c4ccc(O)cc4)cc3c12. The summed E-state index contributed by atoms with van der Waals surface area (Å²) < 4.78 is 8.29. The molecule has 2 N–H and O–H groups in total. The molecule has 9 rings (SSSR count). The predicted octanol–water partition coefficient (Wildman–Crippen LogP) is 14.3. The Morgan fingerprint density at radius 2 is 0.854 bits per heavy atom. The predicted molar refractivity (Wildman–Crippen MR) is 214 cm³/mol. The molecule has 2 nitrogen and oxygen atoms in total. The fourth-order valence-corrected chi connectivity index (χ4v) is 12.2. The van der Waals surface area contributed by atoms with Gasteiger partial charge in [0.15, 0.2) is 0 Å². The fraction of sp³-hybridized carbons (Fsp3) is 0.190. The van der Waals surface area contributed by atoms with Gasteiger partial charge in [-0.05, 0) is 133 Å². The van der Waals surface area contributed by atoms with E-state index >= 15 is 0 Å². The topological polar surface area (TPSA) is 40.5 Å². The van der Waals surface area contributed by atoms with Crippen molar-refractivity contribution in [1.29, 1.82) is 0 Å². The molecule has 0 aliphatic rings. The third-order valence-electron chi connectivity index (χ3n) is 9.73. The number of aromatic hydroxyl groups is 2. The van der Waals surface area contributed by atoms with Gasteiger partial charge in [-0.3, -0.25) is 0 Å². The summed E-state index contributed by atoms with van der Waals surface area (Å²) >= 11 is 7.68. The number of rotatable bonds is 8. The maximum Gasteiger partial charge on any atom is 0.115 e. The van der Waals surface area contributed by atoms with E-state index in [1.807, 2.05) is 69.6 Å². The minimum Gasteiger partial charge on any atom is -0.508 e. The number of hydrogen-bond donors (Lipinski definition) is 2. The van der Waals surface area contributed by atoms with Gasteiger partial charge in [0.25, 0.3) is 0 Å². The lowest BCUT2D eigenvalue weighted by atomic mass is 9.91. The number of unbranched alkanes of at least 4 members (excludes halogenated alkanes) is 2. The van der Waals surface area contributed by atoms with Crippen LogP contribution in [0.3, 0.4) is 0 Å². The van der Waals surface area contributed by atoms with Gasteiger partial charge in [-0.25, -0.2) is 0 Å². The molecular formula is C42H34O2S4. The Morgan fingerprint density at radius 1 is 0.458 bits per heavy atom. The lowest BCUT2D eigenvalue weighted by molar-refractivity contribution is 0.475. The summed E-state index contributed by atoms with van der Waals surface area (Å²) in [6, 6.07) is 29.4. The van der Waals surface area contributed by atoms with Crippen LogP contribution in [0.2, 0.25) is 0 Å². The summed E-state index contributed by atoms with van der Waals surface area (Å²) in [6.07, 6.45) is 7.00. The molecule has 0 aliphatic heterocycles. The van der Waals surface area contributed by atoms with Gasteiger partial charge in [0.1, 0.15) is 11.5 Å². The van der Waals surface area contributed by atoms with Crippen molar-refractivity contribution in [3.63, 3.8) is 0 Å². The number of phenols is 2. The number of fused-ring (bicyclic) bond motifs is 11. The van der Waals surface area contributed by atoms with Crippen LogP contribution in [0.1, 0.15) is 50.7 Å². The molecule has 0 aliphatic carbocycles. The average molecular weight is 699 g/mol. The van der Waals surface area contributed by atoms with Gasteiger partial charge < -0.3 is 10.2 Å². The van der Waals surface area contributed by atoms with Gasteiger partial charge >= 0.3 is 0 Å². The number of phenolic OH excluding ortho intramolecular Hbond substituents is 2. The van der Waals surface area contributed by atoms with Crippen LogP contribution in [0.15, 0.2) is 84.9 Å². The van der Waals surface area contributed by atoms with E-state index in [0.717, 1.165) is 24.0 Å². The quantitative estimate of drug-likeness (QED) is 0.166. The smallest absolute Gasteiger partial charge is 0.115 e. The molecule has 238 valence electrons. The van der Waals surface area contributed by atoms with Gasteiger partial charge in [-0.15, -0.1) is 45.3 Å². The Hall–Kier alpha value is -3.94. The van der Waals surface area contributed by atoms with Crippen molar-refractivity contribution < 1.29 is 10.2 Å². The highest BCUT2D eigenvalue weighted by molar-refractivity contribution is 7.29. The Labute approximate surface area is 295 Å². The van der Waals surface area contributed by atoms with Crippen LogP contribution < -0.4 is 0 Å². The Morgan fingerprint density at radius 3 is 1.25 bits per heavy atom. The molecule has 0 fully saturated rings.